The Morgan fingerprint density at radius 3 is 1.92 bits per heavy atom. The first-order valence-corrected chi connectivity index (χ1v) is 19.5. The van der Waals surface area contributed by atoms with Crippen molar-refractivity contribution in [2.45, 2.75) is 155 Å². The van der Waals surface area contributed by atoms with Gasteiger partial charge in [0.05, 0.1) is 18.8 Å². The van der Waals surface area contributed by atoms with Crippen LogP contribution >= 0.6 is 7.82 Å². The number of carbonyl (C=O) groups is 2. The lowest BCUT2D eigenvalue weighted by Gasteiger charge is -2.18. The average Bonchev–Trinajstić information content (AvgIpc) is 3.02. The monoisotopic (exact) mass is 700 g/mol. The van der Waals surface area contributed by atoms with E-state index < -0.39 is 44.7 Å². The molecule has 0 bridgehead atoms. The van der Waals surface area contributed by atoms with Crippen LogP contribution in [0.15, 0.2) is 48.6 Å². The Balaban J connectivity index is 4.32. The van der Waals surface area contributed by atoms with Gasteiger partial charge in [-0.15, -0.1) is 0 Å². The third-order valence-corrected chi connectivity index (χ3v) is 7.95. The second-order valence-electron chi connectivity index (χ2n) is 12.7. The minimum Gasteiger partial charge on any atom is -0.462 e. The largest absolute Gasteiger partial charge is 0.469 e. The van der Waals surface area contributed by atoms with Crippen LogP contribution in [-0.2, 0) is 28.2 Å². The summed E-state index contributed by atoms with van der Waals surface area (Å²) in [5.41, 5.74) is 0. The number of allylic oxidation sites excluding steroid dienone is 5. The normalized spacial score (nSPS) is 14.5. The molecular weight excluding hydrogens is 635 g/mol. The molecule has 48 heavy (non-hydrogen) atoms. The van der Waals surface area contributed by atoms with Crippen molar-refractivity contribution in [2.24, 2.45) is 5.92 Å². The van der Waals surface area contributed by atoms with Gasteiger partial charge < -0.3 is 29.5 Å². The van der Waals surface area contributed by atoms with Gasteiger partial charge >= 0.3 is 19.8 Å². The highest BCUT2D eigenvalue weighted by molar-refractivity contribution is 7.46. The van der Waals surface area contributed by atoms with Gasteiger partial charge in [-0.3, -0.25) is 14.1 Å². The molecular formula is C37H65O10P. The summed E-state index contributed by atoms with van der Waals surface area (Å²) in [5, 5.41) is 20.1. The zero-order valence-electron chi connectivity index (χ0n) is 29.8. The van der Waals surface area contributed by atoms with E-state index in [4.69, 9.17) is 19.3 Å². The predicted molar refractivity (Wildman–Crippen MR) is 191 cm³/mol. The van der Waals surface area contributed by atoms with Crippen molar-refractivity contribution in [3.05, 3.63) is 48.6 Å². The number of hydrogen-bond acceptors (Lipinski definition) is 8. The fourth-order valence-electron chi connectivity index (χ4n) is 4.69. The molecule has 11 heteroatoms. The molecule has 0 saturated carbocycles. The number of phosphoric acid groups is 1. The number of phosphoric ester groups is 1. The Labute approximate surface area is 290 Å². The highest BCUT2D eigenvalue weighted by atomic mass is 31.2. The fraction of sp³-hybridized carbons (Fsp3) is 0.730. The van der Waals surface area contributed by atoms with Crippen molar-refractivity contribution in [3.63, 3.8) is 0 Å². The van der Waals surface area contributed by atoms with Gasteiger partial charge in [-0.25, -0.2) is 4.57 Å². The standard InChI is InChI=1S/C37H65O10P/c1-4-5-6-7-13-18-24-33(38)25-19-15-16-20-26-34(39)27-22-29-37(41)47-35(31-46-48(42,43)44)30-45-36(40)28-21-14-11-9-8-10-12-17-23-32(2)3/h13,15-16,18-20,25-26,32-35,38-39H,4-12,14,17,21-24,27-31H2,1-3H3,(H2,42,43,44)/b16-15+,18-13-,25-19+,26-20-/t33-,34-,35+/m0/s1. The van der Waals surface area contributed by atoms with Crippen molar-refractivity contribution < 1.29 is 48.2 Å². The average molecular weight is 701 g/mol. The number of esters is 2. The minimum atomic E-state index is -4.82. The van der Waals surface area contributed by atoms with E-state index >= 15 is 0 Å². The number of unbranched alkanes of at least 4 members (excludes halogenated alkanes) is 10. The van der Waals surface area contributed by atoms with E-state index in [1.165, 1.54) is 51.4 Å². The summed E-state index contributed by atoms with van der Waals surface area (Å²) in [6, 6.07) is 0. The van der Waals surface area contributed by atoms with Crippen LogP contribution < -0.4 is 0 Å². The molecule has 0 aliphatic rings. The molecule has 4 N–H and O–H groups in total. The van der Waals surface area contributed by atoms with Crippen molar-refractivity contribution in [1.82, 2.24) is 0 Å². The molecule has 0 aliphatic carbocycles. The van der Waals surface area contributed by atoms with Gasteiger partial charge in [-0.2, -0.15) is 0 Å². The van der Waals surface area contributed by atoms with Gasteiger partial charge in [0.25, 0.3) is 0 Å². The van der Waals surface area contributed by atoms with Gasteiger partial charge in [-0.1, -0.05) is 134 Å². The van der Waals surface area contributed by atoms with E-state index in [-0.39, 0.29) is 25.9 Å². The molecule has 0 radical (unpaired) electrons. The lowest BCUT2D eigenvalue weighted by Crippen LogP contribution is -2.29. The number of aliphatic hydroxyl groups excluding tert-OH is 2. The first-order valence-electron chi connectivity index (χ1n) is 18.0. The van der Waals surface area contributed by atoms with E-state index in [1.807, 2.05) is 6.08 Å². The molecule has 0 heterocycles. The van der Waals surface area contributed by atoms with Gasteiger partial charge in [0.2, 0.25) is 0 Å². The third kappa shape index (κ3) is 33.8. The van der Waals surface area contributed by atoms with Crippen molar-refractivity contribution in [1.29, 1.82) is 0 Å². The lowest BCUT2D eigenvalue weighted by atomic mass is 10.0. The zero-order valence-corrected chi connectivity index (χ0v) is 30.7. The van der Waals surface area contributed by atoms with Crippen LogP contribution in [0.4, 0.5) is 0 Å². The fourth-order valence-corrected chi connectivity index (χ4v) is 5.05. The maximum absolute atomic E-state index is 12.3. The predicted octanol–water partition coefficient (Wildman–Crippen LogP) is 8.20. The number of rotatable bonds is 31. The topological polar surface area (TPSA) is 160 Å². The van der Waals surface area contributed by atoms with Crippen LogP contribution in [0.25, 0.3) is 0 Å². The first-order chi connectivity index (χ1) is 22.9. The zero-order chi connectivity index (χ0) is 35.9. The molecule has 278 valence electrons. The van der Waals surface area contributed by atoms with Crippen LogP contribution in [0.2, 0.25) is 0 Å². The van der Waals surface area contributed by atoms with E-state index in [1.54, 1.807) is 36.5 Å². The molecule has 0 saturated heterocycles. The van der Waals surface area contributed by atoms with E-state index in [0.717, 1.165) is 31.6 Å². The van der Waals surface area contributed by atoms with Crippen LogP contribution in [0.1, 0.15) is 136 Å². The van der Waals surface area contributed by atoms with Gasteiger partial charge in [0.15, 0.2) is 6.10 Å². The highest BCUT2D eigenvalue weighted by Gasteiger charge is 2.23. The molecule has 0 aromatic carbocycles. The summed E-state index contributed by atoms with van der Waals surface area (Å²) in [6.07, 6.45) is 27.7. The second kappa shape index (κ2) is 30.9. The minimum absolute atomic E-state index is 0.0491. The third-order valence-electron chi connectivity index (χ3n) is 7.47. The summed E-state index contributed by atoms with van der Waals surface area (Å²) in [6.45, 7) is 5.65. The summed E-state index contributed by atoms with van der Waals surface area (Å²) >= 11 is 0. The van der Waals surface area contributed by atoms with Crippen LogP contribution in [0.5, 0.6) is 0 Å². The molecule has 0 spiro atoms. The summed E-state index contributed by atoms with van der Waals surface area (Å²) in [5.74, 6) is -0.376. The molecule has 10 nitrogen and oxygen atoms in total. The number of hydrogen-bond donors (Lipinski definition) is 4. The number of carbonyl (C=O) groups excluding carboxylic acids is 2. The lowest BCUT2D eigenvalue weighted by molar-refractivity contribution is -0.161. The van der Waals surface area contributed by atoms with Gasteiger partial charge in [-0.05, 0) is 44.4 Å². The highest BCUT2D eigenvalue weighted by Crippen LogP contribution is 2.36. The number of aliphatic hydroxyl groups is 2. The first kappa shape index (κ1) is 45.9. The Morgan fingerprint density at radius 1 is 0.688 bits per heavy atom. The smallest absolute Gasteiger partial charge is 0.462 e. The molecule has 0 fully saturated rings. The molecule has 0 aromatic rings. The molecule has 0 aromatic heterocycles. The van der Waals surface area contributed by atoms with E-state index in [9.17, 15) is 24.4 Å². The summed E-state index contributed by atoms with van der Waals surface area (Å²) in [7, 11) is -4.82. The van der Waals surface area contributed by atoms with Crippen molar-refractivity contribution in [2.75, 3.05) is 13.2 Å². The van der Waals surface area contributed by atoms with Crippen molar-refractivity contribution >= 4 is 19.8 Å². The Hall–Kier alpha value is -2.07. The Kier molecular flexibility index (Phi) is 29.6. The molecule has 0 aliphatic heterocycles. The maximum atomic E-state index is 12.3. The van der Waals surface area contributed by atoms with E-state index in [2.05, 4.69) is 31.4 Å². The molecule has 0 amide bonds. The molecule has 0 unspecified atom stereocenters. The maximum Gasteiger partial charge on any atom is 0.469 e. The van der Waals surface area contributed by atoms with Crippen LogP contribution in [-0.4, -0.2) is 63.5 Å². The second-order valence-corrected chi connectivity index (χ2v) is 14.0. The summed E-state index contributed by atoms with van der Waals surface area (Å²) < 4.78 is 26.1. The Bertz CT molecular complexity index is 969. The van der Waals surface area contributed by atoms with Gasteiger partial charge in [0, 0.05) is 12.8 Å². The van der Waals surface area contributed by atoms with Crippen LogP contribution in [0, 0.1) is 5.92 Å². The molecule has 3 atom stereocenters. The number of ether oxygens (including phenoxy) is 2. The van der Waals surface area contributed by atoms with E-state index in [0.29, 0.717) is 19.3 Å². The van der Waals surface area contributed by atoms with Crippen molar-refractivity contribution in [3.8, 4) is 0 Å². The van der Waals surface area contributed by atoms with Gasteiger partial charge in [0.1, 0.15) is 6.61 Å². The molecule has 0 rings (SSSR count). The Morgan fingerprint density at radius 2 is 1.29 bits per heavy atom. The summed E-state index contributed by atoms with van der Waals surface area (Å²) in [4.78, 5) is 42.6. The quantitative estimate of drug-likeness (QED) is 0.0183. The van der Waals surface area contributed by atoms with Crippen LogP contribution in [0.3, 0.4) is 0 Å². The SMILES string of the molecule is CCCCC/C=C\C[C@H](O)/C=C/C=C/C=C\[C@H](O)CCCC(=O)O[C@H](COC(=O)CCCCCCCCCCC(C)C)COP(=O)(O)O.